The van der Waals surface area contributed by atoms with Crippen LogP contribution in [-0.4, -0.2) is 93.1 Å². The van der Waals surface area contributed by atoms with Crippen LogP contribution in [0.25, 0.3) is 22.3 Å². The standard InChI is InChI=1S/C20H24FN10O8PS/c21-10-13(33)9(38-19(10)30-5-26-11-14(22)24-4-25-15(11)30)3-36-40(35,41)39-8-1-7(2-32)37-18(8)31-6-27-12-16(31)28-20(23)29-17(12)34/h4-10,13,18-19,32-33H,1-3H2,(H,35,41)(H2,22,24,25)(H3,23,28,29,34)/t7-,8?,9+,10?,13?,18+,19+,40?/m0/s1. The zero-order chi connectivity index (χ0) is 29.1. The summed E-state index contributed by atoms with van der Waals surface area (Å²) in [6, 6.07) is 0. The van der Waals surface area contributed by atoms with Gasteiger partial charge in [0.2, 0.25) is 5.95 Å². The number of hydrogen-bond donors (Lipinski definition) is 6. The van der Waals surface area contributed by atoms with Crippen molar-refractivity contribution >= 4 is 53.1 Å². The molecule has 4 aromatic rings. The fraction of sp³-hybridized carbons (Fsp3) is 0.500. The molecule has 0 radical (unpaired) electrons. The van der Waals surface area contributed by atoms with Crippen molar-refractivity contribution in [2.75, 3.05) is 24.7 Å². The van der Waals surface area contributed by atoms with E-state index in [1.807, 2.05) is 0 Å². The van der Waals surface area contributed by atoms with Gasteiger partial charge in [0.1, 0.15) is 30.2 Å². The lowest BCUT2D eigenvalue weighted by Gasteiger charge is -2.24. The van der Waals surface area contributed by atoms with Gasteiger partial charge < -0.3 is 31.2 Å². The van der Waals surface area contributed by atoms with Gasteiger partial charge in [-0.1, -0.05) is 12.2 Å². The summed E-state index contributed by atoms with van der Waals surface area (Å²) >= 11 is 4.03. The van der Waals surface area contributed by atoms with Gasteiger partial charge in [-0.15, -0.1) is 0 Å². The van der Waals surface area contributed by atoms with Crippen molar-refractivity contribution < 1.29 is 37.7 Å². The van der Waals surface area contributed by atoms with Gasteiger partial charge in [0.05, 0.1) is 32.0 Å². The number of aliphatic hydroxyl groups excluding tert-OH is 2. The summed E-state index contributed by atoms with van der Waals surface area (Å²) in [5, 5.41) is 20.2. The largest absolute Gasteiger partial charge is 0.394 e. The monoisotopic (exact) mass is 614 g/mol. The van der Waals surface area contributed by atoms with Crippen LogP contribution in [0.5, 0.6) is 0 Å². The third-order valence-electron chi connectivity index (χ3n) is 6.70. The number of aromatic amines is 1. The molecule has 21 heteroatoms. The summed E-state index contributed by atoms with van der Waals surface area (Å²) < 4.78 is 53.4. The second-order valence-electron chi connectivity index (χ2n) is 9.33. The number of nitrogens with two attached hydrogens (primary N) is 2. The maximum Gasteiger partial charge on any atom is 0.386 e. The van der Waals surface area contributed by atoms with Crippen LogP contribution in [0.4, 0.5) is 16.2 Å². The number of imidazole rings is 2. The molecular weight excluding hydrogens is 590 g/mol. The number of aliphatic hydroxyl groups is 2. The van der Waals surface area contributed by atoms with Crippen molar-refractivity contribution in [2.24, 2.45) is 0 Å². The maximum absolute atomic E-state index is 15.1. The molecule has 2 saturated heterocycles. The quantitative estimate of drug-likeness (QED) is 0.107. The van der Waals surface area contributed by atoms with Gasteiger partial charge in [-0.3, -0.25) is 28.0 Å². The third-order valence-corrected chi connectivity index (χ3v) is 8.34. The molecule has 2 aliphatic rings. The van der Waals surface area contributed by atoms with Gasteiger partial charge in [0, 0.05) is 6.42 Å². The molecule has 4 aromatic heterocycles. The average molecular weight is 615 g/mol. The van der Waals surface area contributed by atoms with E-state index in [2.05, 4.69) is 42.2 Å². The Morgan fingerprint density at radius 2 is 1.88 bits per heavy atom. The lowest BCUT2D eigenvalue weighted by molar-refractivity contribution is -0.0529. The Bertz CT molecular complexity index is 1700. The van der Waals surface area contributed by atoms with Crippen molar-refractivity contribution in [3.63, 3.8) is 0 Å². The van der Waals surface area contributed by atoms with Crippen LogP contribution in [0, 0.1) is 0 Å². The number of nitrogens with zero attached hydrogens (tertiary/aromatic N) is 7. The molecule has 0 spiro atoms. The van der Waals surface area contributed by atoms with Crippen LogP contribution < -0.4 is 17.0 Å². The van der Waals surface area contributed by atoms with Crippen molar-refractivity contribution in [1.29, 1.82) is 0 Å². The van der Waals surface area contributed by atoms with E-state index in [-0.39, 0.29) is 40.5 Å². The molecular formula is C20H24FN10O8PS. The predicted octanol–water partition coefficient (Wildman–Crippen LogP) is -0.560. The minimum atomic E-state index is -4.21. The number of aromatic nitrogens is 8. The van der Waals surface area contributed by atoms with E-state index in [1.165, 1.54) is 28.1 Å². The molecule has 4 unspecified atom stereocenters. The summed E-state index contributed by atoms with van der Waals surface area (Å²) in [5.41, 5.74) is 11.3. The first-order chi connectivity index (χ1) is 19.6. The Labute approximate surface area is 233 Å². The molecule has 2 fully saturated rings. The van der Waals surface area contributed by atoms with Crippen LogP contribution in [0.3, 0.4) is 0 Å². The zero-order valence-corrected chi connectivity index (χ0v) is 22.6. The lowest BCUT2D eigenvalue weighted by atomic mass is 10.1. The molecule has 0 bridgehead atoms. The molecule has 0 amide bonds. The highest BCUT2D eigenvalue weighted by Crippen LogP contribution is 2.57. The number of rotatable bonds is 8. The molecule has 6 heterocycles. The summed E-state index contributed by atoms with van der Waals surface area (Å²) in [6.07, 6.45) is -5.24. The first kappa shape index (κ1) is 27.9. The fourth-order valence-electron chi connectivity index (χ4n) is 4.79. The second-order valence-corrected chi connectivity index (χ2v) is 12.2. The van der Waals surface area contributed by atoms with Gasteiger partial charge in [-0.2, -0.15) is 4.98 Å². The Kier molecular flexibility index (Phi) is 7.19. The molecule has 8 atom stereocenters. The van der Waals surface area contributed by atoms with Crippen LogP contribution in [0.1, 0.15) is 18.9 Å². The average Bonchev–Trinajstić information content (AvgIpc) is 3.69. The molecule has 0 aliphatic carbocycles. The minimum absolute atomic E-state index is 0.0261. The summed E-state index contributed by atoms with van der Waals surface area (Å²) in [6.45, 7) is -5.16. The van der Waals surface area contributed by atoms with Crippen LogP contribution in [0.15, 0.2) is 23.8 Å². The number of ether oxygens (including phenoxy) is 2. The maximum atomic E-state index is 15.1. The molecule has 220 valence electrons. The van der Waals surface area contributed by atoms with Crippen LogP contribution in [0.2, 0.25) is 0 Å². The number of thiol groups is 1. The number of nitrogen functional groups attached to an aromatic ring is 2. The van der Waals surface area contributed by atoms with E-state index < -0.39 is 68.6 Å². The van der Waals surface area contributed by atoms with E-state index in [4.69, 9.17) is 30.0 Å². The number of fused-ring (bicyclic) bond motifs is 2. The molecule has 7 N–H and O–H groups in total. The molecule has 18 nitrogen and oxygen atoms in total. The lowest BCUT2D eigenvalue weighted by Crippen LogP contribution is -2.31. The zero-order valence-electron chi connectivity index (χ0n) is 20.8. The van der Waals surface area contributed by atoms with Crippen molar-refractivity contribution in [3.8, 4) is 0 Å². The van der Waals surface area contributed by atoms with E-state index in [1.54, 1.807) is 0 Å². The fourth-order valence-corrected chi connectivity index (χ4v) is 6.29. The van der Waals surface area contributed by atoms with Gasteiger partial charge >= 0.3 is 6.80 Å². The van der Waals surface area contributed by atoms with Gasteiger partial charge in [0.25, 0.3) is 5.56 Å². The van der Waals surface area contributed by atoms with Crippen molar-refractivity contribution in [1.82, 2.24) is 39.0 Å². The van der Waals surface area contributed by atoms with Crippen molar-refractivity contribution in [2.45, 2.75) is 49.5 Å². The Morgan fingerprint density at radius 3 is 2.63 bits per heavy atom. The number of hydrogen-bond acceptors (Lipinski definition) is 15. The minimum Gasteiger partial charge on any atom is -0.394 e. The smallest absolute Gasteiger partial charge is 0.386 e. The van der Waals surface area contributed by atoms with E-state index >= 15 is 4.39 Å². The topological polar surface area (TPSA) is 254 Å². The number of alkyl halides is 1. The van der Waals surface area contributed by atoms with E-state index in [0.29, 0.717) is 0 Å². The second kappa shape index (κ2) is 10.6. The number of anilines is 2. The SMILES string of the molecule is Nc1nc2c(ncn2[C@@H]2O[C@H](CO)CC2OP(=O)(S)OC[C@H]2O[C@@H](n3cnc4c(N)ncnc43)C(F)C2O)c(=O)[nH]1. The molecule has 0 aromatic carbocycles. The normalized spacial score (nSPS) is 29.9. The number of H-pyrrole nitrogens is 1. The van der Waals surface area contributed by atoms with Gasteiger partial charge in [-0.25, -0.2) is 28.9 Å². The first-order valence-corrected chi connectivity index (χ1v) is 14.8. The van der Waals surface area contributed by atoms with Crippen molar-refractivity contribution in [3.05, 3.63) is 29.3 Å². The van der Waals surface area contributed by atoms with Gasteiger partial charge in [-0.05, 0) is 0 Å². The Hall–Kier alpha value is -3.23. The summed E-state index contributed by atoms with van der Waals surface area (Å²) in [4.78, 5) is 34.6. The third kappa shape index (κ3) is 5.06. The van der Waals surface area contributed by atoms with Crippen LogP contribution >= 0.6 is 19.0 Å². The highest BCUT2D eigenvalue weighted by atomic mass is 32.7. The summed E-state index contributed by atoms with van der Waals surface area (Å²) in [5.74, 6) is -0.0797. The van der Waals surface area contributed by atoms with Crippen LogP contribution in [-0.2, 0) is 23.1 Å². The number of halogens is 1. The summed E-state index contributed by atoms with van der Waals surface area (Å²) in [7, 11) is 0. The van der Waals surface area contributed by atoms with E-state index in [0.717, 1.165) is 0 Å². The molecule has 6 rings (SSSR count). The Morgan fingerprint density at radius 1 is 1.15 bits per heavy atom. The van der Waals surface area contributed by atoms with E-state index in [9.17, 15) is 19.6 Å². The molecule has 0 saturated carbocycles. The highest BCUT2D eigenvalue weighted by molar-refractivity contribution is 8.44. The highest BCUT2D eigenvalue weighted by Gasteiger charge is 2.47. The number of nitrogens with one attached hydrogen (secondary N) is 1. The molecule has 2 aliphatic heterocycles. The molecule has 41 heavy (non-hydrogen) atoms. The predicted molar refractivity (Wildman–Crippen MR) is 140 cm³/mol. The first-order valence-electron chi connectivity index (χ1n) is 12.1. The van der Waals surface area contributed by atoms with Gasteiger partial charge in [0.15, 0.2) is 41.3 Å². The Balaban J connectivity index is 1.16.